The Balaban J connectivity index is 1.78. The first kappa shape index (κ1) is 17.6. The Morgan fingerprint density at radius 1 is 1.48 bits per heavy atom. The van der Waals surface area contributed by atoms with Crippen molar-refractivity contribution >= 4 is 11.7 Å². The second kappa shape index (κ2) is 9.37. The van der Waals surface area contributed by atoms with E-state index in [1.807, 2.05) is 31.2 Å². The van der Waals surface area contributed by atoms with Gasteiger partial charge in [-0.25, -0.2) is 4.79 Å². The smallest absolute Gasteiger partial charge is 0.319 e. The molecule has 1 heterocycles. The average molecular weight is 322 g/mol. The van der Waals surface area contributed by atoms with Gasteiger partial charge >= 0.3 is 6.03 Å². The van der Waals surface area contributed by atoms with Crippen LogP contribution in [0.3, 0.4) is 0 Å². The minimum atomic E-state index is -0.232. The number of carbonyl (C=O) groups excluding carboxylic acids is 1. The molecule has 0 aliphatic carbocycles. The van der Waals surface area contributed by atoms with Crippen molar-refractivity contribution in [2.24, 2.45) is 0 Å². The molecule has 1 aliphatic rings. The van der Waals surface area contributed by atoms with Gasteiger partial charge in [-0.15, -0.1) is 0 Å². The van der Waals surface area contributed by atoms with Gasteiger partial charge in [0.05, 0.1) is 6.10 Å². The van der Waals surface area contributed by atoms with Crippen LogP contribution in [0, 0.1) is 0 Å². The second-order valence-corrected chi connectivity index (χ2v) is 5.75. The van der Waals surface area contributed by atoms with Gasteiger partial charge in [0.25, 0.3) is 0 Å². The van der Waals surface area contributed by atoms with E-state index in [0.29, 0.717) is 18.9 Å². The molecule has 0 radical (unpaired) electrons. The van der Waals surface area contributed by atoms with E-state index in [2.05, 4.69) is 10.6 Å². The van der Waals surface area contributed by atoms with Gasteiger partial charge in [0, 0.05) is 38.1 Å². The zero-order valence-corrected chi connectivity index (χ0v) is 13.8. The molecule has 2 N–H and O–H groups in total. The van der Waals surface area contributed by atoms with Crippen LogP contribution in [-0.2, 0) is 9.47 Å². The van der Waals surface area contributed by atoms with Crippen LogP contribution in [-0.4, -0.2) is 45.1 Å². The van der Waals surface area contributed by atoms with Crippen LogP contribution in [0.1, 0.15) is 26.2 Å². The number of ether oxygens (including phenoxy) is 3. The van der Waals surface area contributed by atoms with Gasteiger partial charge in [-0.1, -0.05) is 6.07 Å². The molecule has 1 aromatic carbocycles. The third kappa shape index (κ3) is 6.46. The number of rotatable bonds is 8. The van der Waals surface area contributed by atoms with Crippen molar-refractivity contribution in [3.05, 3.63) is 24.3 Å². The van der Waals surface area contributed by atoms with Gasteiger partial charge in [0.1, 0.15) is 12.4 Å². The van der Waals surface area contributed by atoms with Crippen molar-refractivity contribution in [2.45, 2.75) is 38.3 Å². The summed E-state index contributed by atoms with van der Waals surface area (Å²) in [6, 6.07) is 7.19. The van der Waals surface area contributed by atoms with Crippen LogP contribution in [0.15, 0.2) is 24.3 Å². The molecular formula is C17H26N2O4. The van der Waals surface area contributed by atoms with E-state index in [-0.39, 0.29) is 18.2 Å². The van der Waals surface area contributed by atoms with E-state index >= 15 is 0 Å². The van der Waals surface area contributed by atoms with Gasteiger partial charge in [-0.2, -0.15) is 0 Å². The predicted molar refractivity (Wildman–Crippen MR) is 89.0 cm³/mol. The maximum Gasteiger partial charge on any atom is 0.319 e. The van der Waals surface area contributed by atoms with Gasteiger partial charge in [-0.05, 0) is 38.3 Å². The molecule has 6 nitrogen and oxygen atoms in total. The van der Waals surface area contributed by atoms with Crippen LogP contribution < -0.4 is 15.4 Å². The van der Waals surface area contributed by atoms with E-state index in [1.165, 1.54) is 0 Å². The van der Waals surface area contributed by atoms with Gasteiger partial charge < -0.3 is 24.8 Å². The molecule has 1 fully saturated rings. The lowest BCUT2D eigenvalue weighted by Gasteiger charge is -2.15. The van der Waals surface area contributed by atoms with Crippen LogP contribution in [0.4, 0.5) is 10.5 Å². The summed E-state index contributed by atoms with van der Waals surface area (Å²) in [6.07, 6.45) is 3.09. The molecular weight excluding hydrogens is 296 g/mol. The highest BCUT2D eigenvalue weighted by Gasteiger charge is 2.16. The standard InChI is InChI=1S/C17H26N2O4/c1-13(8-10-21-2)18-17(20)19-14-5-3-6-15(11-14)23-12-16-7-4-9-22-16/h3,5-6,11,13,16H,4,7-10,12H2,1-2H3,(H2,18,19,20)/t13-,16+/m1/s1. The predicted octanol–water partition coefficient (Wildman–Crippen LogP) is 2.79. The quantitative estimate of drug-likeness (QED) is 0.772. The first-order valence-electron chi connectivity index (χ1n) is 8.08. The monoisotopic (exact) mass is 322 g/mol. The Kier molecular flexibility index (Phi) is 7.16. The van der Waals surface area contributed by atoms with E-state index in [4.69, 9.17) is 14.2 Å². The maximum absolute atomic E-state index is 11.9. The summed E-state index contributed by atoms with van der Waals surface area (Å²) in [4.78, 5) is 11.9. The average Bonchev–Trinajstić information content (AvgIpc) is 3.04. The van der Waals surface area contributed by atoms with Crippen LogP contribution in [0.25, 0.3) is 0 Å². The summed E-state index contributed by atoms with van der Waals surface area (Å²) < 4.78 is 16.3. The lowest BCUT2D eigenvalue weighted by atomic mass is 10.2. The summed E-state index contributed by atoms with van der Waals surface area (Å²) in [5.74, 6) is 0.728. The lowest BCUT2D eigenvalue weighted by Crippen LogP contribution is -2.36. The molecule has 2 amide bonds. The van der Waals surface area contributed by atoms with Gasteiger partial charge in [0.2, 0.25) is 0 Å². The molecule has 1 aliphatic heterocycles. The van der Waals surface area contributed by atoms with E-state index in [9.17, 15) is 4.79 Å². The first-order chi connectivity index (χ1) is 11.2. The molecule has 0 aromatic heterocycles. The number of benzene rings is 1. The molecule has 1 saturated heterocycles. The number of hydrogen-bond acceptors (Lipinski definition) is 4. The number of methoxy groups -OCH3 is 1. The Bertz CT molecular complexity index is 489. The van der Waals surface area contributed by atoms with E-state index in [0.717, 1.165) is 31.6 Å². The second-order valence-electron chi connectivity index (χ2n) is 5.75. The number of hydrogen-bond donors (Lipinski definition) is 2. The molecule has 0 saturated carbocycles. The molecule has 2 atom stereocenters. The van der Waals surface area contributed by atoms with Crippen molar-refractivity contribution in [2.75, 3.05) is 32.2 Å². The van der Waals surface area contributed by atoms with Crippen LogP contribution in [0.2, 0.25) is 0 Å². The minimum Gasteiger partial charge on any atom is -0.491 e. The minimum absolute atomic E-state index is 0.0499. The van der Waals surface area contributed by atoms with E-state index in [1.54, 1.807) is 7.11 Å². The molecule has 2 rings (SSSR count). The summed E-state index contributed by atoms with van der Waals surface area (Å²) >= 11 is 0. The molecule has 0 spiro atoms. The number of amides is 2. The summed E-state index contributed by atoms with van der Waals surface area (Å²) in [5, 5.41) is 5.68. The summed E-state index contributed by atoms with van der Waals surface area (Å²) in [5.41, 5.74) is 0.700. The lowest BCUT2D eigenvalue weighted by molar-refractivity contribution is 0.0680. The fourth-order valence-corrected chi connectivity index (χ4v) is 2.39. The van der Waals surface area contributed by atoms with E-state index < -0.39 is 0 Å². The third-order valence-electron chi connectivity index (χ3n) is 3.68. The maximum atomic E-state index is 11.9. The van der Waals surface area contributed by atoms with Crippen molar-refractivity contribution in [3.63, 3.8) is 0 Å². The molecule has 0 bridgehead atoms. The zero-order valence-electron chi connectivity index (χ0n) is 13.8. The fourth-order valence-electron chi connectivity index (χ4n) is 2.39. The third-order valence-corrected chi connectivity index (χ3v) is 3.68. The Morgan fingerprint density at radius 3 is 3.09 bits per heavy atom. The van der Waals surface area contributed by atoms with Crippen molar-refractivity contribution in [1.29, 1.82) is 0 Å². The van der Waals surface area contributed by atoms with Gasteiger partial charge in [0.15, 0.2) is 0 Å². The summed E-state index contributed by atoms with van der Waals surface area (Å²) in [7, 11) is 1.65. The Morgan fingerprint density at radius 2 is 2.35 bits per heavy atom. The Labute approximate surface area is 137 Å². The molecule has 6 heteroatoms. The van der Waals surface area contributed by atoms with Crippen LogP contribution >= 0.6 is 0 Å². The first-order valence-corrected chi connectivity index (χ1v) is 8.08. The largest absolute Gasteiger partial charge is 0.491 e. The SMILES string of the molecule is COCC[C@@H](C)NC(=O)Nc1cccc(OC[C@@H]2CCCO2)c1. The highest BCUT2D eigenvalue weighted by atomic mass is 16.5. The van der Waals surface area contributed by atoms with Gasteiger partial charge in [-0.3, -0.25) is 0 Å². The Hall–Kier alpha value is -1.79. The van der Waals surface area contributed by atoms with Crippen LogP contribution in [0.5, 0.6) is 5.75 Å². The number of carbonyl (C=O) groups is 1. The molecule has 0 unspecified atom stereocenters. The molecule has 23 heavy (non-hydrogen) atoms. The highest BCUT2D eigenvalue weighted by molar-refractivity contribution is 5.89. The molecule has 128 valence electrons. The topological polar surface area (TPSA) is 68.8 Å². The van der Waals surface area contributed by atoms with Crippen molar-refractivity contribution in [3.8, 4) is 5.75 Å². The zero-order chi connectivity index (χ0) is 16.5. The number of anilines is 1. The van der Waals surface area contributed by atoms with Crippen molar-refractivity contribution in [1.82, 2.24) is 5.32 Å². The van der Waals surface area contributed by atoms with Crippen molar-refractivity contribution < 1.29 is 19.0 Å². The summed E-state index contributed by atoms with van der Waals surface area (Å²) in [6.45, 7) is 3.93. The molecule has 1 aromatic rings. The fraction of sp³-hybridized carbons (Fsp3) is 0.588. The normalized spacial score (nSPS) is 18.4. The number of nitrogens with one attached hydrogen (secondary N) is 2. The highest BCUT2D eigenvalue weighted by Crippen LogP contribution is 2.19. The number of urea groups is 1.